The second-order valence-corrected chi connectivity index (χ2v) is 8.35. The van der Waals surface area contributed by atoms with Crippen LogP contribution >= 0.6 is 34.8 Å². The zero-order valence-electron chi connectivity index (χ0n) is 16.7. The summed E-state index contributed by atoms with van der Waals surface area (Å²) in [7, 11) is 0. The second-order valence-electron chi connectivity index (χ2n) is 7.13. The molecule has 0 aliphatic heterocycles. The molecule has 29 heavy (non-hydrogen) atoms. The van der Waals surface area contributed by atoms with E-state index >= 15 is 0 Å². The molecule has 2 aromatic rings. The number of rotatable bonds is 8. The number of amides is 2. The number of hydrogen-bond donors (Lipinski definition) is 1. The average molecular weight is 456 g/mol. The predicted molar refractivity (Wildman–Crippen MR) is 120 cm³/mol. The van der Waals surface area contributed by atoms with Gasteiger partial charge in [0.1, 0.15) is 6.04 Å². The van der Waals surface area contributed by atoms with Crippen molar-refractivity contribution in [1.82, 2.24) is 10.2 Å². The Labute approximate surface area is 187 Å². The van der Waals surface area contributed by atoms with Crippen LogP contribution in [0, 0.1) is 0 Å². The molecule has 2 amide bonds. The van der Waals surface area contributed by atoms with Crippen LogP contribution in [0.15, 0.2) is 42.5 Å². The van der Waals surface area contributed by atoms with Gasteiger partial charge in [-0.05, 0) is 49.6 Å². The lowest BCUT2D eigenvalue weighted by Gasteiger charge is -2.31. The van der Waals surface area contributed by atoms with E-state index in [1.54, 1.807) is 29.2 Å². The summed E-state index contributed by atoms with van der Waals surface area (Å²) in [6.07, 6.45) is 0.584. The van der Waals surface area contributed by atoms with E-state index in [4.69, 9.17) is 34.8 Å². The highest BCUT2D eigenvalue weighted by Crippen LogP contribution is 2.25. The van der Waals surface area contributed by atoms with Crippen molar-refractivity contribution in [2.24, 2.45) is 0 Å². The smallest absolute Gasteiger partial charge is 0.243 e. The minimum atomic E-state index is -0.609. The third-order valence-electron chi connectivity index (χ3n) is 4.45. The van der Waals surface area contributed by atoms with Crippen molar-refractivity contribution in [1.29, 1.82) is 0 Å². The van der Waals surface area contributed by atoms with Gasteiger partial charge in [-0.3, -0.25) is 9.59 Å². The third kappa shape index (κ3) is 6.63. The monoisotopic (exact) mass is 454 g/mol. The summed E-state index contributed by atoms with van der Waals surface area (Å²) < 4.78 is 0. The van der Waals surface area contributed by atoms with Crippen LogP contribution in [0.1, 0.15) is 38.3 Å². The van der Waals surface area contributed by atoms with Crippen molar-refractivity contribution in [2.45, 2.75) is 52.2 Å². The fourth-order valence-electron chi connectivity index (χ4n) is 3.04. The van der Waals surface area contributed by atoms with Crippen LogP contribution in [0.4, 0.5) is 0 Å². The summed E-state index contributed by atoms with van der Waals surface area (Å²) in [5, 5.41) is 4.27. The molecule has 2 aromatic carbocycles. The fraction of sp³-hybridized carbons (Fsp3) is 0.364. The summed E-state index contributed by atoms with van der Waals surface area (Å²) in [5.74, 6) is -0.370. The molecule has 0 fully saturated rings. The molecule has 2 rings (SSSR count). The van der Waals surface area contributed by atoms with Gasteiger partial charge >= 0.3 is 0 Å². The SMILES string of the molecule is CC[C@@H](C(=O)NC(C)C)N(Cc1ccc(Cl)c(Cl)c1)C(=O)Cc1ccccc1Cl. The molecule has 0 spiro atoms. The highest BCUT2D eigenvalue weighted by molar-refractivity contribution is 6.42. The van der Waals surface area contributed by atoms with Crippen LogP contribution in [0.5, 0.6) is 0 Å². The van der Waals surface area contributed by atoms with Crippen LogP contribution in [-0.2, 0) is 22.6 Å². The summed E-state index contributed by atoms with van der Waals surface area (Å²) in [4.78, 5) is 27.6. The Kier molecular flexibility index (Phi) is 8.81. The van der Waals surface area contributed by atoms with Gasteiger partial charge < -0.3 is 10.2 Å². The summed E-state index contributed by atoms with van der Waals surface area (Å²) in [6.45, 7) is 5.90. The molecule has 4 nitrogen and oxygen atoms in total. The highest BCUT2D eigenvalue weighted by atomic mass is 35.5. The predicted octanol–water partition coefficient (Wildman–Crippen LogP) is 5.52. The van der Waals surface area contributed by atoms with Gasteiger partial charge in [0, 0.05) is 17.6 Å². The van der Waals surface area contributed by atoms with Crippen LogP contribution in [0.25, 0.3) is 0 Å². The van der Waals surface area contributed by atoms with Crippen LogP contribution in [0.3, 0.4) is 0 Å². The summed E-state index contributed by atoms with van der Waals surface area (Å²) in [5.41, 5.74) is 1.51. The topological polar surface area (TPSA) is 49.4 Å². The third-order valence-corrected chi connectivity index (χ3v) is 5.56. The number of nitrogens with zero attached hydrogens (tertiary/aromatic N) is 1. The molecule has 156 valence electrons. The van der Waals surface area contributed by atoms with Crippen molar-refractivity contribution < 1.29 is 9.59 Å². The lowest BCUT2D eigenvalue weighted by atomic mass is 10.1. The first kappa shape index (κ1) is 23.5. The normalized spacial score (nSPS) is 12.0. The molecule has 1 atom stereocenters. The minimum Gasteiger partial charge on any atom is -0.352 e. The van der Waals surface area contributed by atoms with E-state index in [1.165, 1.54) is 0 Å². The maximum absolute atomic E-state index is 13.2. The van der Waals surface area contributed by atoms with E-state index in [0.29, 0.717) is 21.5 Å². The average Bonchev–Trinajstić information content (AvgIpc) is 2.65. The number of benzene rings is 2. The van der Waals surface area contributed by atoms with Crippen molar-refractivity contribution in [3.05, 3.63) is 68.7 Å². The number of carbonyl (C=O) groups excluding carboxylic acids is 2. The molecule has 0 aliphatic rings. The molecule has 0 heterocycles. The lowest BCUT2D eigenvalue weighted by molar-refractivity contribution is -0.141. The minimum absolute atomic E-state index is 0.0259. The Morgan fingerprint density at radius 2 is 1.69 bits per heavy atom. The Morgan fingerprint density at radius 3 is 2.28 bits per heavy atom. The number of nitrogens with one attached hydrogen (secondary N) is 1. The van der Waals surface area contributed by atoms with E-state index in [1.807, 2.05) is 39.0 Å². The molecule has 0 saturated carbocycles. The maximum atomic E-state index is 13.2. The van der Waals surface area contributed by atoms with Crippen molar-refractivity contribution in [2.75, 3.05) is 0 Å². The Hall–Kier alpha value is -1.75. The Balaban J connectivity index is 2.34. The first-order valence-corrected chi connectivity index (χ1v) is 10.6. The number of halogens is 3. The van der Waals surface area contributed by atoms with Gasteiger partial charge in [0.2, 0.25) is 11.8 Å². The standard InChI is InChI=1S/C22H25Cl3N2O2/c1-4-20(22(29)26-14(2)3)27(13-15-9-10-18(24)19(25)11-15)21(28)12-16-7-5-6-8-17(16)23/h5-11,14,20H,4,12-13H2,1-3H3,(H,26,29)/t20-/m0/s1. The quantitative estimate of drug-likeness (QED) is 0.569. The molecule has 1 N–H and O–H groups in total. The van der Waals surface area contributed by atoms with Crippen molar-refractivity contribution in [3.63, 3.8) is 0 Å². The number of carbonyl (C=O) groups is 2. The Morgan fingerprint density at radius 1 is 1.00 bits per heavy atom. The largest absolute Gasteiger partial charge is 0.352 e. The van der Waals surface area contributed by atoms with Gasteiger partial charge in [-0.25, -0.2) is 0 Å². The van der Waals surface area contributed by atoms with Gasteiger partial charge in [-0.1, -0.05) is 66.0 Å². The van der Waals surface area contributed by atoms with Gasteiger partial charge in [0.15, 0.2) is 0 Å². The molecule has 0 bridgehead atoms. The maximum Gasteiger partial charge on any atom is 0.243 e. The molecule has 0 unspecified atom stereocenters. The Bertz CT molecular complexity index is 871. The second kappa shape index (κ2) is 10.9. The molecule has 0 saturated heterocycles. The van der Waals surface area contributed by atoms with E-state index in [2.05, 4.69) is 5.32 Å². The van der Waals surface area contributed by atoms with Crippen molar-refractivity contribution in [3.8, 4) is 0 Å². The molecule has 0 aromatic heterocycles. The van der Waals surface area contributed by atoms with E-state index < -0.39 is 6.04 Å². The summed E-state index contributed by atoms with van der Waals surface area (Å²) in [6, 6.07) is 11.8. The highest BCUT2D eigenvalue weighted by Gasteiger charge is 2.29. The zero-order chi connectivity index (χ0) is 21.6. The van der Waals surface area contributed by atoms with E-state index in [0.717, 1.165) is 11.1 Å². The molecule has 0 radical (unpaired) electrons. The van der Waals surface area contributed by atoms with Crippen molar-refractivity contribution >= 4 is 46.6 Å². The lowest BCUT2D eigenvalue weighted by Crippen LogP contribution is -2.50. The molecule has 7 heteroatoms. The van der Waals surface area contributed by atoms with E-state index in [-0.39, 0.29) is 30.8 Å². The number of hydrogen-bond acceptors (Lipinski definition) is 2. The molecular weight excluding hydrogens is 431 g/mol. The molecular formula is C22H25Cl3N2O2. The molecule has 0 aliphatic carbocycles. The first-order chi connectivity index (χ1) is 13.7. The zero-order valence-corrected chi connectivity index (χ0v) is 19.0. The fourth-order valence-corrected chi connectivity index (χ4v) is 3.56. The first-order valence-electron chi connectivity index (χ1n) is 9.50. The van der Waals surface area contributed by atoms with Crippen LogP contribution < -0.4 is 5.32 Å². The summed E-state index contributed by atoms with van der Waals surface area (Å²) >= 11 is 18.4. The van der Waals surface area contributed by atoms with Gasteiger partial charge in [0.25, 0.3) is 0 Å². The van der Waals surface area contributed by atoms with Gasteiger partial charge in [-0.15, -0.1) is 0 Å². The van der Waals surface area contributed by atoms with Gasteiger partial charge in [0.05, 0.1) is 16.5 Å². The van der Waals surface area contributed by atoms with Crippen LogP contribution in [0.2, 0.25) is 15.1 Å². The van der Waals surface area contributed by atoms with Crippen LogP contribution in [-0.4, -0.2) is 28.8 Å². The van der Waals surface area contributed by atoms with E-state index in [9.17, 15) is 9.59 Å². The van der Waals surface area contributed by atoms with Gasteiger partial charge in [-0.2, -0.15) is 0 Å².